The minimum Gasteiger partial charge on any atom is -0.461 e. The lowest BCUT2D eigenvalue weighted by molar-refractivity contribution is -0.389. The number of alkyl halides is 3. The quantitative estimate of drug-likeness (QED) is 0.481. The fourth-order valence-electron chi connectivity index (χ4n) is 1.37. The zero-order chi connectivity index (χ0) is 15.5. The molecule has 0 atom stereocenters. The summed E-state index contributed by atoms with van der Waals surface area (Å²) in [6.45, 7) is 2.55. The highest BCUT2D eigenvalue weighted by Gasteiger charge is 2.36. The Labute approximate surface area is 110 Å². The third kappa shape index (κ3) is 3.80. The van der Waals surface area contributed by atoms with Gasteiger partial charge in [0.05, 0.1) is 11.5 Å². The van der Waals surface area contributed by atoms with Crippen molar-refractivity contribution in [2.75, 3.05) is 6.61 Å². The lowest BCUT2D eigenvalue weighted by Crippen LogP contribution is -2.19. The Hall–Kier alpha value is -2.39. The van der Waals surface area contributed by atoms with Crippen LogP contribution in [0.4, 0.5) is 18.9 Å². The minimum absolute atomic E-state index is 0.0218. The average molecular weight is 294 g/mol. The largest absolute Gasteiger partial charge is 0.573 e. The number of ether oxygens (including phenoxy) is 2. The molecule has 0 fully saturated rings. The molecule has 7 nitrogen and oxygen atoms in total. The van der Waals surface area contributed by atoms with Gasteiger partial charge in [-0.15, -0.1) is 13.2 Å². The van der Waals surface area contributed by atoms with E-state index in [-0.39, 0.29) is 12.3 Å². The lowest BCUT2D eigenvalue weighted by atomic mass is 10.2. The molecule has 1 aromatic rings. The second-order valence-electron chi connectivity index (χ2n) is 3.47. The fraction of sp³-hybridized carbons (Fsp3) is 0.400. The van der Waals surface area contributed by atoms with Crippen molar-refractivity contribution in [3.05, 3.63) is 27.6 Å². The van der Waals surface area contributed by atoms with Crippen LogP contribution in [-0.2, 0) is 4.74 Å². The topological polar surface area (TPSA) is 91.6 Å². The summed E-state index contributed by atoms with van der Waals surface area (Å²) >= 11 is 0. The normalized spacial score (nSPS) is 11.1. The average Bonchev–Trinajstić information content (AvgIpc) is 2.25. The molecule has 1 aromatic heterocycles. The first-order chi connectivity index (χ1) is 9.15. The maximum atomic E-state index is 12.2. The highest BCUT2D eigenvalue weighted by atomic mass is 19.4. The maximum absolute atomic E-state index is 12.2. The molecule has 0 amide bonds. The Kier molecular flexibility index (Phi) is 4.48. The Morgan fingerprint density at radius 3 is 2.55 bits per heavy atom. The van der Waals surface area contributed by atoms with E-state index in [1.807, 2.05) is 0 Å². The first-order valence-corrected chi connectivity index (χ1v) is 5.24. The number of carbonyl (C=O) groups excluding carboxylic acids is 1. The molecule has 0 aliphatic carbocycles. The third-order valence-corrected chi connectivity index (χ3v) is 2.02. The third-order valence-electron chi connectivity index (χ3n) is 2.02. The van der Waals surface area contributed by atoms with Gasteiger partial charge in [-0.3, -0.25) is 10.1 Å². The van der Waals surface area contributed by atoms with Gasteiger partial charge >= 0.3 is 18.0 Å². The summed E-state index contributed by atoms with van der Waals surface area (Å²) < 4.78 is 44.8. The molecule has 0 radical (unpaired) electrons. The van der Waals surface area contributed by atoms with Crippen molar-refractivity contribution in [2.24, 2.45) is 0 Å². The van der Waals surface area contributed by atoms with Crippen LogP contribution in [0.1, 0.15) is 23.1 Å². The SMILES string of the molecule is CCOC(=O)c1cc(OC(F)(F)F)c([N+](=O)[O-])c(C)n1. The van der Waals surface area contributed by atoms with E-state index in [2.05, 4.69) is 14.5 Å². The zero-order valence-corrected chi connectivity index (χ0v) is 10.4. The Bertz CT molecular complexity index is 544. The molecule has 20 heavy (non-hydrogen) atoms. The van der Waals surface area contributed by atoms with E-state index in [0.717, 1.165) is 6.92 Å². The van der Waals surface area contributed by atoms with Crippen molar-refractivity contribution in [3.63, 3.8) is 0 Å². The van der Waals surface area contributed by atoms with Gasteiger partial charge in [0.2, 0.25) is 5.75 Å². The summed E-state index contributed by atoms with van der Waals surface area (Å²) in [6.07, 6.45) is -5.13. The maximum Gasteiger partial charge on any atom is 0.573 e. The van der Waals surface area contributed by atoms with E-state index in [9.17, 15) is 28.1 Å². The van der Waals surface area contributed by atoms with Crippen molar-refractivity contribution < 1.29 is 32.4 Å². The molecule has 0 aromatic carbocycles. The first kappa shape index (κ1) is 15.7. The van der Waals surface area contributed by atoms with Crippen LogP contribution in [0.25, 0.3) is 0 Å². The second kappa shape index (κ2) is 5.72. The number of hydrogen-bond donors (Lipinski definition) is 0. The van der Waals surface area contributed by atoms with Crippen molar-refractivity contribution >= 4 is 11.7 Å². The van der Waals surface area contributed by atoms with Gasteiger partial charge in [0.25, 0.3) is 0 Å². The minimum atomic E-state index is -5.13. The highest BCUT2D eigenvalue weighted by Crippen LogP contribution is 2.34. The van der Waals surface area contributed by atoms with Gasteiger partial charge in [0.1, 0.15) is 5.69 Å². The summed E-state index contributed by atoms with van der Waals surface area (Å²) in [6, 6.07) is 0.524. The molecule has 0 saturated heterocycles. The van der Waals surface area contributed by atoms with Crippen LogP contribution in [-0.4, -0.2) is 28.8 Å². The fourth-order valence-corrected chi connectivity index (χ4v) is 1.37. The highest BCUT2D eigenvalue weighted by molar-refractivity contribution is 5.88. The zero-order valence-electron chi connectivity index (χ0n) is 10.4. The number of halogens is 3. The summed E-state index contributed by atoms with van der Waals surface area (Å²) in [5.74, 6) is -2.12. The van der Waals surface area contributed by atoms with Gasteiger partial charge in [-0.2, -0.15) is 0 Å². The lowest BCUT2D eigenvalue weighted by Gasteiger charge is -2.11. The van der Waals surface area contributed by atoms with Crippen LogP contribution >= 0.6 is 0 Å². The predicted octanol–water partition coefficient (Wildman–Crippen LogP) is 2.37. The number of esters is 1. The number of hydrogen-bond acceptors (Lipinski definition) is 6. The van der Waals surface area contributed by atoms with Crippen molar-refractivity contribution in [2.45, 2.75) is 20.2 Å². The number of nitro groups is 1. The van der Waals surface area contributed by atoms with E-state index in [1.165, 1.54) is 6.92 Å². The molecule has 0 saturated carbocycles. The second-order valence-corrected chi connectivity index (χ2v) is 3.47. The van der Waals surface area contributed by atoms with Crippen molar-refractivity contribution in [1.29, 1.82) is 0 Å². The molecule has 0 unspecified atom stereocenters. The van der Waals surface area contributed by atoms with Gasteiger partial charge in [-0.1, -0.05) is 0 Å². The summed E-state index contributed by atoms with van der Waals surface area (Å²) in [5.41, 5.74) is -1.86. The van der Waals surface area contributed by atoms with E-state index < -0.39 is 34.4 Å². The molecule has 1 rings (SSSR count). The standard InChI is InChI=1S/C10H9F3N2O5/c1-3-19-9(16)6-4-7(20-10(11,12)13)8(15(17)18)5(2)14-6/h4H,3H2,1-2H3. The van der Waals surface area contributed by atoms with Gasteiger partial charge < -0.3 is 9.47 Å². The number of rotatable bonds is 4. The van der Waals surface area contributed by atoms with Gasteiger partial charge in [-0.05, 0) is 13.8 Å². The van der Waals surface area contributed by atoms with E-state index in [0.29, 0.717) is 6.07 Å². The molecule has 1 heterocycles. The van der Waals surface area contributed by atoms with Gasteiger partial charge in [0.15, 0.2) is 5.69 Å². The summed E-state index contributed by atoms with van der Waals surface area (Å²) in [7, 11) is 0. The number of carbonyl (C=O) groups is 1. The van der Waals surface area contributed by atoms with E-state index in [4.69, 9.17) is 0 Å². The van der Waals surface area contributed by atoms with Gasteiger partial charge in [0, 0.05) is 6.07 Å². The molecular formula is C10H9F3N2O5. The Balaban J connectivity index is 3.35. The molecule has 0 N–H and O–H groups in total. The molecule has 0 bridgehead atoms. The molecule has 0 aliphatic rings. The number of aryl methyl sites for hydroxylation is 1. The van der Waals surface area contributed by atoms with Crippen LogP contribution in [0.3, 0.4) is 0 Å². The monoisotopic (exact) mass is 294 g/mol. The molecule has 0 aliphatic heterocycles. The predicted molar refractivity (Wildman–Crippen MR) is 58.3 cm³/mol. The van der Waals surface area contributed by atoms with E-state index in [1.54, 1.807) is 0 Å². The van der Waals surface area contributed by atoms with Crippen molar-refractivity contribution in [1.82, 2.24) is 4.98 Å². The summed E-state index contributed by atoms with van der Waals surface area (Å²) in [5, 5.41) is 10.7. The number of pyridine rings is 1. The van der Waals surface area contributed by atoms with E-state index >= 15 is 0 Å². The molecule has 110 valence electrons. The van der Waals surface area contributed by atoms with Crippen LogP contribution in [0.5, 0.6) is 5.75 Å². The molecule has 0 spiro atoms. The number of aromatic nitrogens is 1. The molecular weight excluding hydrogens is 285 g/mol. The molecule has 10 heteroatoms. The Morgan fingerprint density at radius 2 is 2.10 bits per heavy atom. The summed E-state index contributed by atoms with van der Waals surface area (Å²) in [4.78, 5) is 24.6. The van der Waals surface area contributed by atoms with Crippen molar-refractivity contribution in [3.8, 4) is 5.75 Å². The smallest absolute Gasteiger partial charge is 0.461 e. The number of nitrogens with zero attached hydrogens (tertiary/aromatic N) is 2. The van der Waals surface area contributed by atoms with Crippen LogP contribution < -0.4 is 4.74 Å². The van der Waals surface area contributed by atoms with Crippen LogP contribution in [0, 0.1) is 17.0 Å². The Morgan fingerprint density at radius 1 is 1.50 bits per heavy atom. The van der Waals surface area contributed by atoms with Gasteiger partial charge in [-0.25, -0.2) is 9.78 Å². The van der Waals surface area contributed by atoms with Crippen LogP contribution in [0.2, 0.25) is 0 Å². The first-order valence-electron chi connectivity index (χ1n) is 5.24. The van der Waals surface area contributed by atoms with Crippen LogP contribution in [0.15, 0.2) is 6.07 Å².